The lowest BCUT2D eigenvalue weighted by Gasteiger charge is -2.22. The molecule has 0 aromatic heterocycles. The smallest absolute Gasteiger partial charge is 0.325 e. The van der Waals surface area contributed by atoms with Crippen LogP contribution >= 0.6 is 0 Å². The van der Waals surface area contributed by atoms with E-state index in [0.29, 0.717) is 0 Å². The molecule has 0 aromatic carbocycles. The summed E-state index contributed by atoms with van der Waals surface area (Å²) >= 11 is 0. The van der Waals surface area contributed by atoms with Gasteiger partial charge in [-0.3, -0.25) is 4.79 Å². The zero-order chi connectivity index (χ0) is 9.78. The number of hydrogen-bond acceptors (Lipinski definition) is 4. The summed E-state index contributed by atoms with van der Waals surface area (Å²) in [6.45, 7) is 7.15. The Morgan fingerprint density at radius 3 is 2.25 bits per heavy atom. The van der Waals surface area contributed by atoms with Crippen LogP contribution in [0.2, 0.25) is 0 Å². The third-order valence-electron chi connectivity index (χ3n) is 1.05. The molecular formula is C8H17NO3. The van der Waals surface area contributed by atoms with Crippen molar-refractivity contribution in [3.8, 4) is 0 Å². The van der Waals surface area contributed by atoms with Gasteiger partial charge in [-0.1, -0.05) is 0 Å². The highest BCUT2D eigenvalue weighted by Gasteiger charge is 2.21. The fourth-order valence-electron chi connectivity index (χ4n) is 0.615. The Morgan fingerprint density at radius 2 is 1.92 bits per heavy atom. The van der Waals surface area contributed by atoms with Gasteiger partial charge < -0.3 is 9.57 Å². The predicted octanol–water partition coefficient (Wildman–Crippen LogP) is 0.868. The van der Waals surface area contributed by atoms with Gasteiger partial charge in [-0.2, -0.15) is 5.48 Å². The molecule has 0 saturated heterocycles. The van der Waals surface area contributed by atoms with Crippen molar-refractivity contribution in [1.82, 2.24) is 5.48 Å². The first kappa shape index (κ1) is 11.4. The van der Waals surface area contributed by atoms with Crippen LogP contribution in [0.15, 0.2) is 0 Å². The Balaban J connectivity index is 3.87. The Hall–Kier alpha value is -0.610. The van der Waals surface area contributed by atoms with Crippen molar-refractivity contribution in [3.63, 3.8) is 0 Å². The molecule has 0 fully saturated rings. The zero-order valence-corrected chi connectivity index (χ0v) is 8.30. The Morgan fingerprint density at radius 1 is 1.42 bits per heavy atom. The lowest BCUT2D eigenvalue weighted by Crippen LogP contribution is -2.38. The van der Waals surface area contributed by atoms with Crippen molar-refractivity contribution in [3.05, 3.63) is 0 Å². The number of hydrogen-bond donors (Lipinski definition) is 1. The van der Waals surface area contributed by atoms with Gasteiger partial charge in [0.2, 0.25) is 0 Å². The molecule has 72 valence electrons. The SMILES string of the molecule is CON[C@H](C)C(=O)OC(C)(C)C. The van der Waals surface area contributed by atoms with E-state index in [1.165, 1.54) is 7.11 Å². The van der Waals surface area contributed by atoms with Crippen molar-refractivity contribution >= 4 is 5.97 Å². The Kier molecular flexibility index (Phi) is 4.20. The first-order chi connectivity index (χ1) is 5.37. The fraction of sp³-hybridized carbons (Fsp3) is 0.875. The maximum atomic E-state index is 11.2. The molecule has 0 radical (unpaired) electrons. The molecule has 0 unspecified atom stereocenters. The molecule has 0 rings (SSSR count). The number of carbonyl (C=O) groups excluding carboxylic acids is 1. The molecule has 4 heteroatoms. The average Bonchev–Trinajstić information content (AvgIpc) is 1.84. The molecule has 1 N–H and O–H groups in total. The van der Waals surface area contributed by atoms with Gasteiger partial charge in [0.25, 0.3) is 0 Å². The average molecular weight is 175 g/mol. The van der Waals surface area contributed by atoms with E-state index in [4.69, 9.17) is 4.74 Å². The van der Waals surface area contributed by atoms with Crippen molar-refractivity contribution < 1.29 is 14.4 Å². The second-order valence-electron chi connectivity index (χ2n) is 3.58. The van der Waals surface area contributed by atoms with Crippen LogP contribution in [0.25, 0.3) is 0 Å². The van der Waals surface area contributed by atoms with Crippen molar-refractivity contribution in [1.29, 1.82) is 0 Å². The van der Waals surface area contributed by atoms with Gasteiger partial charge in [0.05, 0.1) is 7.11 Å². The summed E-state index contributed by atoms with van der Waals surface area (Å²) in [5, 5.41) is 0. The van der Waals surface area contributed by atoms with Crippen molar-refractivity contribution in [2.45, 2.75) is 39.3 Å². The quantitative estimate of drug-likeness (QED) is 0.510. The summed E-state index contributed by atoms with van der Waals surface area (Å²) < 4.78 is 5.07. The number of ether oxygens (including phenoxy) is 1. The Bertz CT molecular complexity index is 151. The molecule has 0 aliphatic rings. The van der Waals surface area contributed by atoms with Crippen molar-refractivity contribution in [2.24, 2.45) is 0 Å². The molecule has 0 aromatic rings. The summed E-state index contributed by atoms with van der Waals surface area (Å²) in [5.41, 5.74) is 2.05. The summed E-state index contributed by atoms with van der Waals surface area (Å²) in [6.07, 6.45) is 0. The fourth-order valence-corrected chi connectivity index (χ4v) is 0.615. The van der Waals surface area contributed by atoms with Crippen LogP contribution in [0.5, 0.6) is 0 Å². The molecule has 1 atom stereocenters. The number of rotatable bonds is 3. The molecule has 12 heavy (non-hydrogen) atoms. The number of hydroxylamine groups is 1. The minimum atomic E-state index is -0.444. The topological polar surface area (TPSA) is 47.6 Å². The highest BCUT2D eigenvalue weighted by Crippen LogP contribution is 2.07. The van der Waals surface area contributed by atoms with Gasteiger partial charge in [0.15, 0.2) is 0 Å². The van der Waals surface area contributed by atoms with Gasteiger partial charge in [-0.25, -0.2) is 0 Å². The standard InChI is InChI=1S/C8H17NO3/c1-6(9-11-5)7(10)12-8(2,3)4/h6,9H,1-5H3/t6-/m1/s1. The highest BCUT2D eigenvalue weighted by molar-refractivity contribution is 5.75. The van der Waals surface area contributed by atoms with Crippen LogP contribution in [0.4, 0.5) is 0 Å². The maximum Gasteiger partial charge on any atom is 0.325 e. The summed E-state index contributed by atoms with van der Waals surface area (Å²) in [4.78, 5) is 15.8. The molecule has 0 heterocycles. The second kappa shape index (κ2) is 4.42. The lowest BCUT2D eigenvalue weighted by molar-refractivity contribution is -0.160. The van der Waals surface area contributed by atoms with Crippen LogP contribution in [-0.2, 0) is 14.4 Å². The minimum Gasteiger partial charge on any atom is -0.459 e. The van der Waals surface area contributed by atoms with Crippen LogP contribution in [0, 0.1) is 0 Å². The molecule has 4 nitrogen and oxygen atoms in total. The lowest BCUT2D eigenvalue weighted by atomic mass is 10.2. The summed E-state index contributed by atoms with van der Waals surface area (Å²) in [6, 6.07) is -0.436. The number of nitrogens with one attached hydrogen (secondary N) is 1. The largest absolute Gasteiger partial charge is 0.459 e. The molecular weight excluding hydrogens is 158 g/mol. The monoisotopic (exact) mass is 175 g/mol. The van der Waals surface area contributed by atoms with Crippen LogP contribution in [0.1, 0.15) is 27.7 Å². The molecule has 0 spiro atoms. The molecule has 0 bridgehead atoms. The van der Waals surface area contributed by atoms with Crippen LogP contribution in [-0.4, -0.2) is 24.7 Å². The molecule has 0 aliphatic heterocycles. The zero-order valence-electron chi connectivity index (χ0n) is 8.30. The number of esters is 1. The first-order valence-corrected chi connectivity index (χ1v) is 3.88. The number of carbonyl (C=O) groups is 1. The predicted molar refractivity (Wildman–Crippen MR) is 45.5 cm³/mol. The van der Waals surface area contributed by atoms with Gasteiger partial charge in [-0.15, -0.1) is 0 Å². The highest BCUT2D eigenvalue weighted by atomic mass is 16.6. The van der Waals surface area contributed by atoms with E-state index in [1.807, 2.05) is 20.8 Å². The summed E-state index contributed by atoms with van der Waals surface area (Å²) in [5.74, 6) is -0.315. The third-order valence-corrected chi connectivity index (χ3v) is 1.05. The van der Waals surface area contributed by atoms with Gasteiger partial charge in [0, 0.05) is 0 Å². The molecule has 0 aliphatic carbocycles. The van der Waals surface area contributed by atoms with E-state index >= 15 is 0 Å². The first-order valence-electron chi connectivity index (χ1n) is 3.88. The van der Waals surface area contributed by atoms with E-state index in [9.17, 15) is 4.79 Å². The van der Waals surface area contributed by atoms with Crippen LogP contribution < -0.4 is 5.48 Å². The van der Waals surface area contributed by atoms with E-state index < -0.39 is 11.6 Å². The van der Waals surface area contributed by atoms with Gasteiger partial charge in [-0.05, 0) is 27.7 Å². The van der Waals surface area contributed by atoms with Crippen LogP contribution in [0.3, 0.4) is 0 Å². The van der Waals surface area contributed by atoms with Crippen molar-refractivity contribution in [2.75, 3.05) is 7.11 Å². The van der Waals surface area contributed by atoms with E-state index in [0.717, 1.165) is 0 Å². The minimum absolute atomic E-state index is 0.315. The van der Waals surface area contributed by atoms with E-state index in [-0.39, 0.29) is 5.97 Å². The van der Waals surface area contributed by atoms with Gasteiger partial charge in [0.1, 0.15) is 11.6 Å². The Labute approximate surface area is 73.2 Å². The normalized spacial score (nSPS) is 14.1. The molecule has 0 amide bonds. The third kappa shape index (κ3) is 5.09. The molecule has 0 saturated carbocycles. The summed E-state index contributed by atoms with van der Waals surface area (Å²) in [7, 11) is 1.46. The van der Waals surface area contributed by atoms with E-state index in [1.54, 1.807) is 6.92 Å². The second-order valence-corrected chi connectivity index (χ2v) is 3.58. The maximum absolute atomic E-state index is 11.2. The van der Waals surface area contributed by atoms with E-state index in [2.05, 4.69) is 10.3 Å². The van der Waals surface area contributed by atoms with Gasteiger partial charge >= 0.3 is 5.97 Å².